The maximum Gasteiger partial charge on any atom is 0.420 e. The molecule has 0 bridgehead atoms. The average Bonchev–Trinajstić information content (AvgIpc) is 2.83. The zero-order valence-corrected chi connectivity index (χ0v) is 11.9. The van der Waals surface area contributed by atoms with Gasteiger partial charge in [0.15, 0.2) is 11.9 Å². The summed E-state index contributed by atoms with van der Waals surface area (Å²) in [6.45, 7) is 1.32. The van der Waals surface area contributed by atoms with Crippen LogP contribution in [-0.2, 0) is 16.0 Å². The molecule has 1 aromatic carbocycles. The van der Waals surface area contributed by atoms with Crippen LogP contribution in [0.1, 0.15) is 19.3 Å². The van der Waals surface area contributed by atoms with Crippen molar-refractivity contribution in [2.24, 2.45) is 0 Å². The van der Waals surface area contributed by atoms with E-state index < -0.39 is 10.7 Å². The number of rotatable bonds is 5. The standard InChI is InChI=1S/C14H16N2O6/c17-14-15(6-8-21-13-3-1-2-7-20-13)11-5-4-10(16(18)19)9-12(11)22-14/h4-5,9,13H,1-3,6-8H2/t13-/m0/s1. The second kappa shape index (κ2) is 6.29. The van der Waals surface area contributed by atoms with Gasteiger partial charge in [-0.25, -0.2) is 4.79 Å². The molecule has 22 heavy (non-hydrogen) atoms. The van der Waals surface area contributed by atoms with Crippen molar-refractivity contribution in [3.8, 4) is 0 Å². The first kappa shape index (κ1) is 14.7. The lowest BCUT2D eigenvalue weighted by molar-refractivity contribution is -0.384. The zero-order chi connectivity index (χ0) is 15.5. The normalized spacial score (nSPS) is 18.6. The molecule has 1 aliphatic heterocycles. The number of hydrogen-bond donors (Lipinski definition) is 0. The fraction of sp³-hybridized carbons (Fsp3) is 0.500. The van der Waals surface area contributed by atoms with Crippen LogP contribution in [0.3, 0.4) is 0 Å². The molecule has 0 amide bonds. The molecule has 1 saturated heterocycles. The average molecular weight is 308 g/mol. The fourth-order valence-electron chi connectivity index (χ4n) is 2.50. The van der Waals surface area contributed by atoms with Crippen molar-refractivity contribution >= 4 is 16.8 Å². The van der Waals surface area contributed by atoms with Crippen molar-refractivity contribution in [3.05, 3.63) is 38.9 Å². The molecule has 0 radical (unpaired) electrons. The van der Waals surface area contributed by atoms with Crippen molar-refractivity contribution < 1.29 is 18.8 Å². The van der Waals surface area contributed by atoms with Crippen molar-refractivity contribution in [1.82, 2.24) is 4.57 Å². The van der Waals surface area contributed by atoms with Crippen LogP contribution in [0.2, 0.25) is 0 Å². The number of hydrogen-bond acceptors (Lipinski definition) is 6. The third kappa shape index (κ3) is 3.02. The first-order chi connectivity index (χ1) is 10.6. The highest BCUT2D eigenvalue weighted by Crippen LogP contribution is 2.20. The Morgan fingerprint density at radius 2 is 2.27 bits per heavy atom. The Bertz CT molecular complexity index is 728. The summed E-state index contributed by atoms with van der Waals surface area (Å²) in [6, 6.07) is 4.10. The highest BCUT2D eigenvalue weighted by molar-refractivity contribution is 5.75. The first-order valence-corrected chi connectivity index (χ1v) is 7.16. The molecule has 2 heterocycles. The largest absolute Gasteiger partial charge is 0.420 e. The second-order valence-corrected chi connectivity index (χ2v) is 5.10. The number of non-ortho nitro benzene ring substituents is 1. The summed E-state index contributed by atoms with van der Waals surface area (Å²) in [5, 5.41) is 10.7. The van der Waals surface area contributed by atoms with Crippen LogP contribution in [0.5, 0.6) is 0 Å². The van der Waals surface area contributed by atoms with Gasteiger partial charge < -0.3 is 13.9 Å². The van der Waals surface area contributed by atoms with Crippen molar-refractivity contribution in [1.29, 1.82) is 0 Å². The molecule has 8 nitrogen and oxygen atoms in total. The summed E-state index contributed by atoms with van der Waals surface area (Å²) in [4.78, 5) is 22.0. The van der Waals surface area contributed by atoms with E-state index in [-0.39, 0.29) is 17.6 Å². The molecule has 2 aromatic rings. The Kier molecular flexibility index (Phi) is 4.21. The Balaban J connectivity index is 1.71. The van der Waals surface area contributed by atoms with Gasteiger partial charge in [-0.15, -0.1) is 0 Å². The summed E-state index contributed by atoms with van der Waals surface area (Å²) in [5.74, 6) is -0.552. The van der Waals surface area contributed by atoms with Crippen molar-refractivity contribution in [3.63, 3.8) is 0 Å². The summed E-state index contributed by atoms with van der Waals surface area (Å²) in [6.07, 6.45) is 2.75. The summed E-state index contributed by atoms with van der Waals surface area (Å²) in [7, 11) is 0. The smallest absolute Gasteiger partial charge is 0.407 e. The van der Waals surface area contributed by atoms with E-state index in [2.05, 4.69) is 0 Å². The van der Waals surface area contributed by atoms with Crippen LogP contribution in [0, 0.1) is 10.1 Å². The van der Waals surface area contributed by atoms with Gasteiger partial charge in [-0.2, -0.15) is 0 Å². The molecule has 0 unspecified atom stereocenters. The molecular weight excluding hydrogens is 292 g/mol. The van der Waals surface area contributed by atoms with E-state index in [4.69, 9.17) is 13.9 Å². The fourth-order valence-corrected chi connectivity index (χ4v) is 2.50. The number of fused-ring (bicyclic) bond motifs is 1. The molecule has 0 spiro atoms. The van der Waals surface area contributed by atoms with Crippen LogP contribution in [0.4, 0.5) is 5.69 Å². The number of benzene rings is 1. The highest BCUT2D eigenvalue weighted by atomic mass is 16.7. The molecule has 3 rings (SSSR count). The number of nitrogens with zero attached hydrogens (tertiary/aromatic N) is 2. The maximum atomic E-state index is 11.8. The van der Waals surface area contributed by atoms with Crippen LogP contribution in [-0.4, -0.2) is 29.0 Å². The van der Waals surface area contributed by atoms with Crippen LogP contribution in [0.25, 0.3) is 11.1 Å². The van der Waals surface area contributed by atoms with Crippen molar-refractivity contribution in [2.75, 3.05) is 13.2 Å². The molecule has 1 atom stereocenters. The van der Waals surface area contributed by atoms with E-state index in [0.717, 1.165) is 19.3 Å². The predicted molar refractivity (Wildman–Crippen MR) is 76.7 cm³/mol. The number of aromatic nitrogens is 1. The van der Waals surface area contributed by atoms with Crippen LogP contribution >= 0.6 is 0 Å². The highest BCUT2D eigenvalue weighted by Gasteiger charge is 2.16. The SMILES string of the molecule is O=c1oc2cc([N+](=O)[O-])ccc2n1CCO[C@H]1CCCCO1. The van der Waals surface area contributed by atoms with Gasteiger partial charge in [-0.05, 0) is 25.3 Å². The van der Waals surface area contributed by atoms with Gasteiger partial charge in [0.25, 0.3) is 5.69 Å². The lowest BCUT2D eigenvalue weighted by atomic mass is 10.2. The molecule has 0 N–H and O–H groups in total. The van der Waals surface area contributed by atoms with E-state index in [1.54, 1.807) is 0 Å². The molecular formula is C14H16N2O6. The van der Waals surface area contributed by atoms with Gasteiger partial charge in [0.2, 0.25) is 0 Å². The molecule has 1 aliphatic rings. The summed E-state index contributed by atoms with van der Waals surface area (Å²) < 4.78 is 17.5. The quantitative estimate of drug-likeness (QED) is 0.619. The Morgan fingerprint density at radius 3 is 3.00 bits per heavy atom. The maximum absolute atomic E-state index is 11.8. The predicted octanol–water partition coefficient (Wildman–Crippen LogP) is 2.05. The molecule has 8 heteroatoms. The van der Waals surface area contributed by atoms with E-state index in [1.165, 1.54) is 22.8 Å². The summed E-state index contributed by atoms with van der Waals surface area (Å²) in [5.41, 5.74) is 0.608. The van der Waals surface area contributed by atoms with Crippen LogP contribution < -0.4 is 5.76 Å². The minimum Gasteiger partial charge on any atom is -0.407 e. The van der Waals surface area contributed by atoms with E-state index >= 15 is 0 Å². The number of oxazole rings is 1. The number of nitro groups is 1. The van der Waals surface area contributed by atoms with Crippen molar-refractivity contribution in [2.45, 2.75) is 32.1 Å². The second-order valence-electron chi connectivity index (χ2n) is 5.10. The molecule has 1 fully saturated rings. The third-order valence-corrected chi connectivity index (χ3v) is 3.62. The topological polar surface area (TPSA) is 96.7 Å². The van der Waals surface area contributed by atoms with Gasteiger partial charge >= 0.3 is 5.76 Å². The Morgan fingerprint density at radius 1 is 1.41 bits per heavy atom. The summed E-state index contributed by atoms with van der Waals surface area (Å²) >= 11 is 0. The van der Waals surface area contributed by atoms with Gasteiger partial charge in [-0.3, -0.25) is 14.7 Å². The Labute approximate surface area is 125 Å². The zero-order valence-electron chi connectivity index (χ0n) is 11.9. The van der Waals surface area contributed by atoms with E-state index in [1.807, 2.05) is 0 Å². The molecule has 0 aliphatic carbocycles. The van der Waals surface area contributed by atoms with Gasteiger partial charge in [-0.1, -0.05) is 0 Å². The molecule has 1 aromatic heterocycles. The third-order valence-electron chi connectivity index (χ3n) is 3.62. The lowest BCUT2D eigenvalue weighted by Gasteiger charge is -2.22. The minimum absolute atomic E-state index is 0.111. The van der Waals surface area contributed by atoms with Gasteiger partial charge in [0.1, 0.15) is 0 Å². The van der Waals surface area contributed by atoms with Gasteiger partial charge in [0.05, 0.1) is 29.7 Å². The number of nitro benzene ring substituents is 1. The van der Waals surface area contributed by atoms with E-state index in [0.29, 0.717) is 25.3 Å². The molecule has 0 saturated carbocycles. The number of ether oxygens (including phenoxy) is 2. The Hall–Kier alpha value is -2.19. The monoisotopic (exact) mass is 308 g/mol. The minimum atomic E-state index is -0.552. The van der Waals surface area contributed by atoms with E-state index in [9.17, 15) is 14.9 Å². The van der Waals surface area contributed by atoms with Gasteiger partial charge in [0, 0.05) is 12.7 Å². The first-order valence-electron chi connectivity index (χ1n) is 7.16. The molecule has 118 valence electrons. The van der Waals surface area contributed by atoms with Crippen LogP contribution in [0.15, 0.2) is 27.4 Å². The lowest BCUT2D eigenvalue weighted by Crippen LogP contribution is -2.25.